The Kier molecular flexibility index (Phi) is 5.79. The Morgan fingerprint density at radius 2 is 1.67 bits per heavy atom. The van der Waals surface area contributed by atoms with Crippen molar-refractivity contribution in [2.75, 3.05) is 0 Å². The highest BCUT2D eigenvalue weighted by atomic mass is 19.4. The van der Waals surface area contributed by atoms with Crippen LogP contribution in [0.4, 0.5) is 26.3 Å². The van der Waals surface area contributed by atoms with Gasteiger partial charge in [0.15, 0.2) is 0 Å². The van der Waals surface area contributed by atoms with Crippen molar-refractivity contribution in [1.29, 1.82) is 0 Å². The van der Waals surface area contributed by atoms with Gasteiger partial charge in [-0.3, -0.25) is 4.79 Å². The first-order valence-electron chi connectivity index (χ1n) is 10.2. The molecule has 0 aliphatic carbocycles. The zero-order chi connectivity index (χ0) is 24.0. The van der Waals surface area contributed by atoms with Crippen LogP contribution in [0.15, 0.2) is 42.5 Å². The molecule has 1 N–H and O–H groups in total. The number of carboxylic acid groups (broad SMARTS) is 1. The fourth-order valence-electron chi connectivity index (χ4n) is 4.28. The van der Waals surface area contributed by atoms with Gasteiger partial charge in [0, 0.05) is 29.1 Å². The van der Waals surface area contributed by atoms with Crippen molar-refractivity contribution in [3.8, 4) is 5.75 Å². The first-order chi connectivity index (χ1) is 15.4. The van der Waals surface area contributed by atoms with Crippen molar-refractivity contribution >= 4 is 16.9 Å². The third-order valence-electron chi connectivity index (χ3n) is 5.73. The lowest BCUT2D eigenvalue weighted by molar-refractivity contribution is -0.143. The van der Waals surface area contributed by atoms with Crippen LogP contribution in [0, 0.1) is 0 Å². The Bertz CT molecular complexity index is 1160. The number of halogens is 6. The maximum Gasteiger partial charge on any atom is 0.416 e. The van der Waals surface area contributed by atoms with Crippen molar-refractivity contribution in [1.82, 2.24) is 4.57 Å². The average molecular weight is 471 g/mol. The predicted molar refractivity (Wildman–Crippen MR) is 107 cm³/mol. The van der Waals surface area contributed by atoms with Gasteiger partial charge in [-0.1, -0.05) is 0 Å². The van der Waals surface area contributed by atoms with Gasteiger partial charge >= 0.3 is 18.3 Å². The maximum atomic E-state index is 13.0. The quantitative estimate of drug-likeness (QED) is 0.426. The molecule has 0 spiro atoms. The molecule has 1 aromatic heterocycles. The average Bonchev–Trinajstić information content (AvgIpc) is 3.09. The number of carbonyl (C=O) groups is 1. The summed E-state index contributed by atoms with van der Waals surface area (Å²) in [6.45, 7) is 0.257. The van der Waals surface area contributed by atoms with E-state index in [1.54, 1.807) is 18.2 Å². The second kappa shape index (κ2) is 8.31. The van der Waals surface area contributed by atoms with Gasteiger partial charge in [0.05, 0.1) is 17.5 Å². The van der Waals surface area contributed by atoms with Gasteiger partial charge in [0.1, 0.15) is 12.4 Å². The molecule has 0 saturated carbocycles. The highest BCUT2D eigenvalue weighted by molar-refractivity contribution is 5.83. The molecule has 0 unspecified atom stereocenters. The minimum Gasteiger partial charge on any atom is -0.489 e. The summed E-state index contributed by atoms with van der Waals surface area (Å²) in [6.07, 6.45) is -8.25. The van der Waals surface area contributed by atoms with E-state index in [1.807, 2.05) is 10.6 Å². The van der Waals surface area contributed by atoms with E-state index in [9.17, 15) is 31.1 Å². The van der Waals surface area contributed by atoms with Crippen molar-refractivity contribution in [3.63, 3.8) is 0 Å². The summed E-state index contributed by atoms with van der Waals surface area (Å²) in [5.41, 5.74) is -1.28. The minimum absolute atomic E-state index is 0.0107. The Hall–Kier alpha value is -3.17. The number of hydrogen-bond acceptors (Lipinski definition) is 2. The second-order valence-corrected chi connectivity index (χ2v) is 8.08. The molecule has 0 fully saturated rings. The van der Waals surface area contributed by atoms with Crippen molar-refractivity contribution in [2.45, 2.75) is 50.7 Å². The number of ether oxygens (including phenoxy) is 1. The summed E-state index contributed by atoms with van der Waals surface area (Å²) in [4.78, 5) is 11.2. The smallest absolute Gasteiger partial charge is 0.416 e. The van der Waals surface area contributed by atoms with E-state index in [0.717, 1.165) is 36.0 Å². The molecular formula is C23H19F6NO3. The number of nitrogens with zero attached hydrogens (tertiary/aromatic N) is 1. The minimum atomic E-state index is -4.92. The highest BCUT2D eigenvalue weighted by Gasteiger charge is 2.37. The van der Waals surface area contributed by atoms with Crippen LogP contribution in [0.3, 0.4) is 0 Å². The van der Waals surface area contributed by atoms with Crippen molar-refractivity contribution in [3.05, 3.63) is 64.8 Å². The standard InChI is InChI=1S/C23H19F6NO3/c24-22(25,26)16-6-13(7-17(11-16)23(27,28)29)12-33-18-3-4-19-15(8-18)9-20-14(10-21(31)32)2-1-5-30(19)20/h3-4,6-9,11,14H,1-2,5,10,12H2,(H,31,32)/t14-/m1/s1. The number of carboxylic acids is 1. The summed E-state index contributed by atoms with van der Waals surface area (Å²) in [6, 6.07) is 8.22. The number of benzene rings is 2. The zero-order valence-electron chi connectivity index (χ0n) is 17.1. The van der Waals surface area contributed by atoms with Crippen molar-refractivity contribution in [2.24, 2.45) is 0 Å². The summed E-state index contributed by atoms with van der Waals surface area (Å²) in [5, 5.41) is 9.92. The number of hydrogen-bond donors (Lipinski definition) is 1. The third-order valence-corrected chi connectivity index (χ3v) is 5.73. The van der Waals surface area contributed by atoms with Crippen LogP contribution in [-0.2, 0) is 30.3 Å². The molecule has 4 nitrogen and oxygen atoms in total. The normalized spacial score (nSPS) is 16.6. The summed E-state index contributed by atoms with van der Waals surface area (Å²) in [5.74, 6) is -0.729. The summed E-state index contributed by atoms with van der Waals surface area (Å²) < 4.78 is 85.9. The second-order valence-electron chi connectivity index (χ2n) is 8.08. The number of aromatic nitrogens is 1. The van der Waals surface area contributed by atoms with Crippen LogP contribution in [0.5, 0.6) is 5.75 Å². The largest absolute Gasteiger partial charge is 0.489 e. The van der Waals surface area contributed by atoms with Gasteiger partial charge in [0.2, 0.25) is 0 Å². The molecule has 1 aliphatic rings. The SMILES string of the molecule is O=C(O)C[C@H]1CCCn2c1cc1cc(OCc3cc(C(F)(F)F)cc(C(F)(F)F)c3)ccc12. The van der Waals surface area contributed by atoms with Gasteiger partial charge in [0.25, 0.3) is 0 Å². The Morgan fingerprint density at radius 1 is 1.00 bits per heavy atom. The lowest BCUT2D eigenvalue weighted by Gasteiger charge is -2.24. The molecule has 33 heavy (non-hydrogen) atoms. The molecule has 0 saturated heterocycles. The molecule has 0 bridgehead atoms. The van der Waals surface area contributed by atoms with Crippen LogP contribution < -0.4 is 4.74 Å². The van der Waals surface area contributed by atoms with Gasteiger partial charge < -0.3 is 14.4 Å². The van der Waals surface area contributed by atoms with E-state index in [1.165, 1.54) is 0 Å². The Balaban J connectivity index is 1.60. The zero-order valence-corrected chi connectivity index (χ0v) is 17.1. The van der Waals surface area contributed by atoms with E-state index < -0.39 is 36.1 Å². The summed E-state index contributed by atoms with van der Waals surface area (Å²) >= 11 is 0. The predicted octanol–water partition coefficient (Wildman–Crippen LogP) is 6.61. The number of alkyl halides is 6. The molecule has 176 valence electrons. The molecule has 3 aromatic rings. The monoisotopic (exact) mass is 471 g/mol. The number of rotatable bonds is 5. The number of aliphatic carboxylic acids is 1. The number of aryl methyl sites for hydroxylation is 1. The first-order valence-corrected chi connectivity index (χ1v) is 10.2. The lowest BCUT2D eigenvalue weighted by Crippen LogP contribution is -2.17. The van der Waals surface area contributed by atoms with Crippen LogP contribution in [0.25, 0.3) is 10.9 Å². The maximum absolute atomic E-state index is 13.0. The van der Waals surface area contributed by atoms with E-state index in [4.69, 9.17) is 9.84 Å². The van der Waals surface area contributed by atoms with Gasteiger partial charge in [-0.25, -0.2) is 0 Å². The molecule has 10 heteroatoms. The molecule has 2 heterocycles. The van der Waals surface area contributed by atoms with Crippen LogP contribution >= 0.6 is 0 Å². The molecule has 0 radical (unpaired) electrons. The van der Waals surface area contributed by atoms with E-state index in [2.05, 4.69) is 0 Å². The van der Waals surface area contributed by atoms with Crippen molar-refractivity contribution < 1.29 is 41.0 Å². The molecule has 0 amide bonds. The first kappa shape index (κ1) is 23.0. The molecule has 1 aliphatic heterocycles. The topological polar surface area (TPSA) is 51.5 Å². The van der Waals surface area contributed by atoms with Gasteiger partial charge in [-0.05, 0) is 60.9 Å². The van der Waals surface area contributed by atoms with Crippen LogP contribution in [0.1, 0.15) is 47.6 Å². The van der Waals surface area contributed by atoms with E-state index in [0.29, 0.717) is 12.1 Å². The lowest BCUT2D eigenvalue weighted by atomic mass is 9.93. The van der Waals surface area contributed by atoms with Gasteiger partial charge in [-0.2, -0.15) is 26.3 Å². The Morgan fingerprint density at radius 3 is 2.27 bits per heavy atom. The molecule has 1 atom stereocenters. The molecule has 2 aromatic carbocycles. The Labute approximate surface area is 184 Å². The van der Waals surface area contributed by atoms with E-state index >= 15 is 0 Å². The van der Waals surface area contributed by atoms with Crippen LogP contribution in [0.2, 0.25) is 0 Å². The molecule has 4 rings (SSSR count). The molecular weight excluding hydrogens is 452 g/mol. The third kappa shape index (κ3) is 4.94. The van der Waals surface area contributed by atoms with Crippen LogP contribution in [-0.4, -0.2) is 15.6 Å². The fraction of sp³-hybridized carbons (Fsp3) is 0.348. The summed E-state index contributed by atoms with van der Waals surface area (Å²) in [7, 11) is 0. The number of fused-ring (bicyclic) bond motifs is 3. The highest BCUT2D eigenvalue weighted by Crippen LogP contribution is 2.38. The van der Waals surface area contributed by atoms with Gasteiger partial charge in [-0.15, -0.1) is 0 Å². The van der Waals surface area contributed by atoms with E-state index in [-0.39, 0.29) is 29.7 Å². The fourth-order valence-corrected chi connectivity index (χ4v) is 4.28.